The van der Waals surface area contributed by atoms with Crippen LogP contribution < -0.4 is 5.32 Å². The van der Waals surface area contributed by atoms with Crippen LogP contribution in [0.15, 0.2) is 24.3 Å². The van der Waals surface area contributed by atoms with E-state index in [0.29, 0.717) is 6.10 Å². The fraction of sp³-hybridized carbons (Fsp3) is 0.600. The number of hydrogen-bond acceptors (Lipinski definition) is 3. The predicted octanol–water partition coefficient (Wildman–Crippen LogP) is 2.45. The Morgan fingerprint density at radius 1 is 1.39 bits per heavy atom. The SMILES string of the molecule is CNC(COC1CCOCC1)c1cccc(C)c1. The van der Waals surface area contributed by atoms with Crippen molar-refractivity contribution < 1.29 is 9.47 Å². The molecule has 1 aliphatic heterocycles. The lowest BCUT2D eigenvalue weighted by molar-refractivity contribution is -0.0378. The van der Waals surface area contributed by atoms with E-state index in [4.69, 9.17) is 9.47 Å². The molecule has 0 amide bonds. The fourth-order valence-electron chi connectivity index (χ4n) is 2.31. The summed E-state index contributed by atoms with van der Waals surface area (Å²) in [5.74, 6) is 0. The Hall–Kier alpha value is -0.900. The van der Waals surface area contributed by atoms with Crippen LogP contribution in [0.1, 0.15) is 30.0 Å². The lowest BCUT2D eigenvalue weighted by Crippen LogP contribution is -2.28. The van der Waals surface area contributed by atoms with Gasteiger partial charge in [0.2, 0.25) is 0 Å². The molecule has 1 heterocycles. The van der Waals surface area contributed by atoms with Gasteiger partial charge in [0.15, 0.2) is 0 Å². The summed E-state index contributed by atoms with van der Waals surface area (Å²) < 4.78 is 11.3. The van der Waals surface area contributed by atoms with Crippen molar-refractivity contribution in [2.45, 2.75) is 31.9 Å². The Balaban J connectivity index is 1.88. The minimum atomic E-state index is 0.271. The first-order chi connectivity index (χ1) is 8.79. The van der Waals surface area contributed by atoms with Crippen LogP contribution in [0.3, 0.4) is 0 Å². The first-order valence-corrected chi connectivity index (χ1v) is 6.73. The number of aryl methyl sites for hydroxylation is 1. The van der Waals surface area contributed by atoms with Crippen molar-refractivity contribution in [1.29, 1.82) is 0 Å². The Morgan fingerprint density at radius 3 is 2.83 bits per heavy atom. The van der Waals surface area contributed by atoms with Crippen molar-refractivity contribution >= 4 is 0 Å². The average molecular weight is 249 g/mol. The van der Waals surface area contributed by atoms with Crippen molar-refractivity contribution in [3.63, 3.8) is 0 Å². The zero-order valence-corrected chi connectivity index (χ0v) is 11.3. The molecule has 1 fully saturated rings. The first-order valence-electron chi connectivity index (χ1n) is 6.73. The first kappa shape index (κ1) is 13.5. The standard InChI is InChI=1S/C15H23NO2/c1-12-4-3-5-13(10-12)15(16-2)11-18-14-6-8-17-9-7-14/h3-5,10,14-16H,6-9,11H2,1-2H3. The van der Waals surface area contributed by atoms with Crippen molar-refractivity contribution in [2.75, 3.05) is 26.9 Å². The summed E-state index contributed by atoms with van der Waals surface area (Å²) >= 11 is 0. The highest BCUT2D eigenvalue weighted by Crippen LogP contribution is 2.17. The minimum absolute atomic E-state index is 0.271. The Bertz CT molecular complexity index is 361. The van der Waals surface area contributed by atoms with E-state index < -0.39 is 0 Å². The lowest BCUT2D eigenvalue weighted by atomic mass is 10.1. The van der Waals surface area contributed by atoms with Gasteiger partial charge in [-0.3, -0.25) is 0 Å². The normalized spacial score (nSPS) is 18.8. The minimum Gasteiger partial charge on any atom is -0.381 e. The molecule has 0 saturated carbocycles. The third-order valence-electron chi connectivity index (χ3n) is 3.46. The summed E-state index contributed by atoms with van der Waals surface area (Å²) in [6, 6.07) is 8.86. The molecule has 2 rings (SSSR count). The van der Waals surface area contributed by atoms with Crippen molar-refractivity contribution in [3.05, 3.63) is 35.4 Å². The van der Waals surface area contributed by atoms with Crippen LogP contribution in [-0.2, 0) is 9.47 Å². The van der Waals surface area contributed by atoms with E-state index in [2.05, 4.69) is 36.5 Å². The highest BCUT2D eigenvalue weighted by Gasteiger charge is 2.17. The molecule has 0 bridgehead atoms. The second kappa shape index (κ2) is 6.88. The van der Waals surface area contributed by atoms with Crippen molar-refractivity contribution in [3.8, 4) is 0 Å². The molecule has 1 saturated heterocycles. The van der Waals surface area contributed by atoms with E-state index in [1.807, 2.05) is 7.05 Å². The zero-order chi connectivity index (χ0) is 12.8. The van der Waals surface area contributed by atoms with Crippen LogP contribution in [0.2, 0.25) is 0 Å². The van der Waals surface area contributed by atoms with Crippen LogP contribution in [0.25, 0.3) is 0 Å². The van der Waals surface area contributed by atoms with Gasteiger partial charge < -0.3 is 14.8 Å². The highest BCUT2D eigenvalue weighted by molar-refractivity contribution is 5.25. The van der Waals surface area contributed by atoms with E-state index in [-0.39, 0.29) is 6.04 Å². The summed E-state index contributed by atoms with van der Waals surface area (Å²) in [5, 5.41) is 3.33. The van der Waals surface area contributed by atoms with Crippen LogP contribution in [0, 0.1) is 6.92 Å². The summed E-state index contributed by atoms with van der Waals surface area (Å²) in [6.45, 7) is 4.51. The highest BCUT2D eigenvalue weighted by atomic mass is 16.5. The molecule has 0 aliphatic carbocycles. The molecule has 18 heavy (non-hydrogen) atoms. The van der Waals surface area contributed by atoms with Gasteiger partial charge in [-0.25, -0.2) is 0 Å². The topological polar surface area (TPSA) is 30.5 Å². The smallest absolute Gasteiger partial charge is 0.0665 e. The molecule has 1 aromatic carbocycles. The van der Waals surface area contributed by atoms with Crippen molar-refractivity contribution in [1.82, 2.24) is 5.32 Å². The molecule has 1 unspecified atom stereocenters. The number of rotatable bonds is 5. The molecule has 1 N–H and O–H groups in total. The molecular formula is C15H23NO2. The molecule has 100 valence electrons. The van der Waals surface area contributed by atoms with E-state index in [1.165, 1.54) is 11.1 Å². The number of ether oxygens (including phenoxy) is 2. The second-order valence-corrected chi connectivity index (χ2v) is 4.90. The van der Waals surface area contributed by atoms with Gasteiger partial charge in [0.25, 0.3) is 0 Å². The van der Waals surface area contributed by atoms with Gasteiger partial charge in [0.1, 0.15) is 0 Å². The van der Waals surface area contributed by atoms with Crippen LogP contribution in [0.4, 0.5) is 0 Å². The zero-order valence-electron chi connectivity index (χ0n) is 11.3. The number of hydrogen-bond donors (Lipinski definition) is 1. The summed E-state index contributed by atoms with van der Waals surface area (Å²) in [7, 11) is 1.99. The van der Waals surface area contributed by atoms with Gasteiger partial charge >= 0.3 is 0 Å². The van der Waals surface area contributed by atoms with Crippen LogP contribution in [-0.4, -0.2) is 33.0 Å². The van der Waals surface area contributed by atoms with Gasteiger partial charge in [0.05, 0.1) is 18.8 Å². The maximum absolute atomic E-state index is 5.99. The quantitative estimate of drug-likeness (QED) is 0.869. The maximum Gasteiger partial charge on any atom is 0.0665 e. The molecule has 0 spiro atoms. The number of benzene rings is 1. The Kier molecular flexibility index (Phi) is 5.17. The molecule has 1 atom stereocenters. The van der Waals surface area contributed by atoms with Gasteiger partial charge in [-0.15, -0.1) is 0 Å². The molecular weight excluding hydrogens is 226 g/mol. The van der Waals surface area contributed by atoms with Crippen LogP contribution >= 0.6 is 0 Å². The van der Waals surface area contributed by atoms with Gasteiger partial charge in [-0.2, -0.15) is 0 Å². The molecule has 3 nitrogen and oxygen atoms in total. The third kappa shape index (κ3) is 3.80. The largest absolute Gasteiger partial charge is 0.381 e. The lowest BCUT2D eigenvalue weighted by Gasteiger charge is -2.25. The Labute approximate surface area is 109 Å². The molecule has 1 aromatic rings. The van der Waals surface area contributed by atoms with Crippen molar-refractivity contribution in [2.24, 2.45) is 0 Å². The molecule has 0 aromatic heterocycles. The fourth-order valence-corrected chi connectivity index (χ4v) is 2.31. The van der Waals surface area contributed by atoms with Gasteiger partial charge in [-0.1, -0.05) is 29.8 Å². The molecule has 3 heteroatoms. The number of likely N-dealkylation sites (N-methyl/N-ethyl adjacent to an activating group) is 1. The van der Waals surface area contributed by atoms with Gasteiger partial charge in [0, 0.05) is 13.2 Å². The van der Waals surface area contributed by atoms with E-state index >= 15 is 0 Å². The number of nitrogens with one attached hydrogen (secondary N) is 1. The molecule has 1 aliphatic rings. The average Bonchev–Trinajstić information content (AvgIpc) is 2.41. The summed E-state index contributed by atoms with van der Waals surface area (Å²) in [6.07, 6.45) is 2.40. The van der Waals surface area contributed by atoms with E-state index in [0.717, 1.165) is 32.7 Å². The predicted molar refractivity (Wildman–Crippen MR) is 72.8 cm³/mol. The molecule has 0 radical (unpaired) electrons. The summed E-state index contributed by atoms with van der Waals surface area (Å²) in [5.41, 5.74) is 2.59. The third-order valence-corrected chi connectivity index (χ3v) is 3.46. The summed E-state index contributed by atoms with van der Waals surface area (Å²) in [4.78, 5) is 0. The second-order valence-electron chi connectivity index (χ2n) is 4.90. The van der Waals surface area contributed by atoms with Crippen LogP contribution in [0.5, 0.6) is 0 Å². The maximum atomic E-state index is 5.99. The van der Waals surface area contributed by atoms with E-state index in [1.54, 1.807) is 0 Å². The monoisotopic (exact) mass is 249 g/mol. The Morgan fingerprint density at radius 2 is 2.17 bits per heavy atom. The van der Waals surface area contributed by atoms with E-state index in [9.17, 15) is 0 Å². The van der Waals surface area contributed by atoms with Gasteiger partial charge in [-0.05, 0) is 32.4 Å².